The van der Waals surface area contributed by atoms with Gasteiger partial charge in [0, 0.05) is 0 Å². The van der Waals surface area contributed by atoms with E-state index in [4.69, 9.17) is 0 Å². The summed E-state index contributed by atoms with van der Waals surface area (Å²) in [5.41, 5.74) is 8.39. The zero-order valence-electron chi connectivity index (χ0n) is 22.0. The minimum absolute atomic E-state index is 0.666. The molecule has 1 aromatic carbocycles. The molecular formula is C32H48. The number of allylic oxidation sites excluding steroid dienone is 9. The Kier molecular flexibility index (Phi) is 13.7. The molecule has 0 N–H and O–H groups in total. The van der Waals surface area contributed by atoms with Crippen molar-refractivity contribution in [2.75, 3.05) is 0 Å². The highest BCUT2D eigenvalue weighted by Gasteiger charge is 2.27. The van der Waals surface area contributed by atoms with E-state index < -0.39 is 0 Å². The van der Waals surface area contributed by atoms with E-state index in [2.05, 4.69) is 95.8 Å². The quantitative estimate of drug-likeness (QED) is 0.340. The van der Waals surface area contributed by atoms with Crippen LogP contribution in [0.4, 0.5) is 0 Å². The average Bonchev–Trinajstić information content (AvgIpc) is 2.84. The lowest BCUT2D eigenvalue weighted by Crippen LogP contribution is -2.19. The van der Waals surface area contributed by atoms with Gasteiger partial charge in [-0.2, -0.15) is 0 Å². The van der Waals surface area contributed by atoms with Crippen molar-refractivity contribution in [1.29, 1.82) is 0 Å². The van der Waals surface area contributed by atoms with Gasteiger partial charge in [-0.25, -0.2) is 0 Å². The fourth-order valence-corrected chi connectivity index (χ4v) is 5.01. The van der Waals surface area contributed by atoms with E-state index in [0.717, 1.165) is 17.9 Å². The molecule has 0 heterocycles. The molecule has 1 fully saturated rings. The van der Waals surface area contributed by atoms with Crippen LogP contribution in [-0.2, 0) is 6.42 Å². The van der Waals surface area contributed by atoms with Crippen LogP contribution >= 0.6 is 0 Å². The molecule has 1 aliphatic rings. The van der Waals surface area contributed by atoms with Gasteiger partial charge in [0.25, 0.3) is 0 Å². The van der Waals surface area contributed by atoms with Crippen molar-refractivity contribution in [2.45, 2.75) is 93.4 Å². The molecule has 0 saturated heterocycles. The molecule has 0 nitrogen and oxygen atoms in total. The molecule has 1 aliphatic carbocycles. The first-order chi connectivity index (χ1) is 15.5. The van der Waals surface area contributed by atoms with Gasteiger partial charge in [-0.05, 0) is 112 Å². The van der Waals surface area contributed by atoms with Crippen LogP contribution in [0.3, 0.4) is 0 Å². The van der Waals surface area contributed by atoms with Crippen LogP contribution in [0, 0.1) is 11.8 Å². The van der Waals surface area contributed by atoms with Crippen LogP contribution in [-0.4, -0.2) is 0 Å². The summed E-state index contributed by atoms with van der Waals surface area (Å²) in [5.74, 6) is 1.54. The van der Waals surface area contributed by atoms with Crippen molar-refractivity contribution in [3.63, 3.8) is 0 Å². The van der Waals surface area contributed by atoms with Crippen molar-refractivity contribution >= 4 is 0 Å². The Hall–Kier alpha value is -2.08. The van der Waals surface area contributed by atoms with Gasteiger partial charge in [0.05, 0.1) is 0 Å². The van der Waals surface area contributed by atoms with Crippen LogP contribution < -0.4 is 0 Å². The summed E-state index contributed by atoms with van der Waals surface area (Å²) in [4.78, 5) is 0. The van der Waals surface area contributed by atoms with Gasteiger partial charge in [0.2, 0.25) is 0 Å². The molecule has 0 unspecified atom stereocenters. The predicted octanol–water partition coefficient (Wildman–Crippen LogP) is 10.2. The molecule has 0 radical (unpaired) electrons. The highest BCUT2D eigenvalue weighted by Crippen LogP contribution is 2.41. The van der Waals surface area contributed by atoms with Gasteiger partial charge >= 0.3 is 0 Å². The van der Waals surface area contributed by atoms with Gasteiger partial charge in [-0.15, -0.1) is 0 Å². The van der Waals surface area contributed by atoms with Crippen LogP contribution in [0.1, 0.15) is 92.6 Å². The SMILES string of the molecule is C=C(C)C(/C=C\C)=C(C(=C/C)\CC)/C(=C\C)C1CCC(CCc2ccccc2)CC1.CC. The molecule has 0 spiro atoms. The second kappa shape index (κ2) is 15.7. The highest BCUT2D eigenvalue weighted by molar-refractivity contribution is 5.58. The van der Waals surface area contributed by atoms with Crippen LogP contribution in [0.15, 0.2) is 89.1 Å². The summed E-state index contributed by atoms with van der Waals surface area (Å²) in [7, 11) is 0. The predicted molar refractivity (Wildman–Crippen MR) is 146 cm³/mol. The zero-order valence-corrected chi connectivity index (χ0v) is 22.0. The molecular weight excluding hydrogens is 384 g/mol. The normalized spacial score (nSPS) is 20.5. The number of aryl methyl sites for hydroxylation is 1. The van der Waals surface area contributed by atoms with Gasteiger partial charge in [-0.1, -0.05) is 87.6 Å². The van der Waals surface area contributed by atoms with Crippen LogP contribution in [0.25, 0.3) is 0 Å². The maximum absolute atomic E-state index is 4.31. The summed E-state index contributed by atoms with van der Waals surface area (Å²) in [6, 6.07) is 11.0. The van der Waals surface area contributed by atoms with Crippen molar-refractivity contribution < 1.29 is 0 Å². The molecule has 0 amide bonds. The van der Waals surface area contributed by atoms with Gasteiger partial charge < -0.3 is 0 Å². The summed E-state index contributed by atoms with van der Waals surface area (Å²) >= 11 is 0. The summed E-state index contributed by atoms with van der Waals surface area (Å²) in [5, 5.41) is 0. The smallest absolute Gasteiger partial charge is 0.0121 e. The second-order valence-electron chi connectivity index (χ2n) is 8.72. The van der Waals surface area contributed by atoms with E-state index in [9.17, 15) is 0 Å². The number of rotatable bonds is 9. The first-order valence-corrected chi connectivity index (χ1v) is 12.9. The van der Waals surface area contributed by atoms with Crippen molar-refractivity contribution in [1.82, 2.24) is 0 Å². The molecule has 0 aliphatic heterocycles. The monoisotopic (exact) mass is 432 g/mol. The van der Waals surface area contributed by atoms with E-state index in [1.807, 2.05) is 13.8 Å². The first-order valence-electron chi connectivity index (χ1n) is 12.9. The van der Waals surface area contributed by atoms with Crippen molar-refractivity contribution in [3.05, 3.63) is 94.6 Å². The Balaban J connectivity index is 0.00000249. The Bertz CT molecular complexity index is 790. The Morgan fingerprint density at radius 1 is 0.969 bits per heavy atom. The topological polar surface area (TPSA) is 0 Å². The maximum atomic E-state index is 4.31. The Morgan fingerprint density at radius 3 is 2.06 bits per heavy atom. The Morgan fingerprint density at radius 2 is 1.59 bits per heavy atom. The second-order valence-corrected chi connectivity index (χ2v) is 8.72. The van der Waals surface area contributed by atoms with Crippen LogP contribution in [0.2, 0.25) is 0 Å². The zero-order chi connectivity index (χ0) is 23.9. The third-order valence-corrected chi connectivity index (χ3v) is 6.68. The lowest BCUT2D eigenvalue weighted by atomic mass is 9.72. The fraction of sp³-hybridized carbons (Fsp3) is 0.500. The fourth-order valence-electron chi connectivity index (χ4n) is 5.01. The van der Waals surface area contributed by atoms with Gasteiger partial charge in [-0.3, -0.25) is 0 Å². The standard InChI is InChI=1S/C30H42.C2H6/c1-7-14-29(23(5)6)30(26(8-2)9-3)28(10-4)27-21-19-25(20-22-27)18-17-24-15-12-11-13-16-24;1-2/h7-8,10-16,25,27H,5,9,17-22H2,1-4,6H3;1-2H3/b14-7-,26-8-,28-10-,30-29+;. The third kappa shape index (κ3) is 8.12. The highest BCUT2D eigenvalue weighted by atomic mass is 14.3. The van der Waals surface area contributed by atoms with E-state index in [0.29, 0.717) is 5.92 Å². The van der Waals surface area contributed by atoms with E-state index in [1.165, 1.54) is 60.8 Å². The molecule has 1 aromatic rings. The summed E-state index contributed by atoms with van der Waals surface area (Å²) in [6.45, 7) is 19.2. The van der Waals surface area contributed by atoms with Crippen molar-refractivity contribution in [3.8, 4) is 0 Å². The lowest BCUT2D eigenvalue weighted by Gasteiger charge is -2.33. The largest absolute Gasteiger partial charge is 0.0955 e. The molecule has 1 saturated carbocycles. The molecule has 32 heavy (non-hydrogen) atoms. The minimum atomic E-state index is 0.666. The molecule has 0 aromatic heterocycles. The number of hydrogen-bond donors (Lipinski definition) is 0. The molecule has 2 rings (SSSR count). The van der Waals surface area contributed by atoms with Crippen LogP contribution in [0.5, 0.6) is 0 Å². The van der Waals surface area contributed by atoms with Crippen molar-refractivity contribution in [2.24, 2.45) is 11.8 Å². The summed E-state index contributed by atoms with van der Waals surface area (Å²) < 4.78 is 0. The van der Waals surface area contributed by atoms with E-state index in [1.54, 1.807) is 5.57 Å². The molecule has 0 bridgehead atoms. The number of hydrogen-bond acceptors (Lipinski definition) is 0. The Labute approximate surface area is 199 Å². The first kappa shape index (κ1) is 28.0. The van der Waals surface area contributed by atoms with Gasteiger partial charge in [0.1, 0.15) is 0 Å². The van der Waals surface area contributed by atoms with E-state index >= 15 is 0 Å². The average molecular weight is 433 g/mol. The van der Waals surface area contributed by atoms with E-state index in [-0.39, 0.29) is 0 Å². The minimum Gasteiger partial charge on any atom is -0.0955 e. The summed E-state index contributed by atoms with van der Waals surface area (Å²) in [6.07, 6.45) is 18.0. The lowest BCUT2D eigenvalue weighted by molar-refractivity contribution is 0.289. The third-order valence-electron chi connectivity index (χ3n) is 6.68. The number of benzene rings is 1. The molecule has 176 valence electrons. The van der Waals surface area contributed by atoms with Gasteiger partial charge in [0.15, 0.2) is 0 Å². The molecule has 0 heteroatoms. The maximum Gasteiger partial charge on any atom is -0.0121 e. The molecule has 0 atom stereocenters.